The molecule has 0 radical (unpaired) electrons. The van der Waals surface area contributed by atoms with E-state index in [9.17, 15) is 19.2 Å². The summed E-state index contributed by atoms with van der Waals surface area (Å²) in [6.07, 6.45) is 0.654. The number of hydrogen-bond acceptors (Lipinski definition) is 7. The lowest BCUT2D eigenvalue weighted by Gasteiger charge is -2.28. The van der Waals surface area contributed by atoms with Crippen LogP contribution >= 0.6 is 11.8 Å². The Bertz CT molecular complexity index is 709. The molecular weight excluding hydrogens is 372 g/mol. The van der Waals surface area contributed by atoms with Gasteiger partial charge in [0.15, 0.2) is 6.61 Å². The first kappa shape index (κ1) is 20.8. The van der Waals surface area contributed by atoms with Gasteiger partial charge in [0.1, 0.15) is 0 Å². The van der Waals surface area contributed by atoms with Crippen LogP contribution in [-0.4, -0.2) is 56.3 Å². The second-order valence-electron chi connectivity index (χ2n) is 5.74. The van der Waals surface area contributed by atoms with Gasteiger partial charge in [-0.1, -0.05) is 12.1 Å². The van der Waals surface area contributed by atoms with Gasteiger partial charge in [-0.05, 0) is 18.6 Å². The Hall–Kier alpha value is -2.55. The van der Waals surface area contributed by atoms with Crippen molar-refractivity contribution in [3.63, 3.8) is 0 Å². The summed E-state index contributed by atoms with van der Waals surface area (Å²) in [6, 6.07) is 7.51. The third-order valence-corrected chi connectivity index (χ3v) is 4.87. The number of fused-ring (bicyclic) bond motifs is 1. The first-order valence-corrected chi connectivity index (χ1v) is 9.51. The second-order valence-corrected chi connectivity index (χ2v) is 6.76. The van der Waals surface area contributed by atoms with Crippen molar-refractivity contribution in [3.05, 3.63) is 24.3 Å². The molecule has 1 heterocycles. The molecule has 1 aromatic rings. The fourth-order valence-electron chi connectivity index (χ4n) is 2.43. The maximum Gasteiger partial charge on any atom is 0.308 e. The minimum absolute atomic E-state index is 0.000359. The number of nitrogens with one attached hydrogen (secondary N) is 1. The Morgan fingerprint density at radius 2 is 1.96 bits per heavy atom. The number of rotatable bonds is 9. The standard InChI is InChI=1S/C18H22N2O6S/c1-25-17(23)7-4-9-19-15(21)11-26-18(24)8-10-20-13-5-2-3-6-14(13)27-12-16(20)22/h2-3,5-6H,4,7-12H2,1H3,(H,19,21). The molecular formula is C18H22N2O6S. The van der Waals surface area contributed by atoms with Crippen LogP contribution in [0.25, 0.3) is 0 Å². The summed E-state index contributed by atoms with van der Waals surface area (Å²) in [4.78, 5) is 49.1. The van der Waals surface area contributed by atoms with Crippen LogP contribution in [0.4, 0.5) is 5.69 Å². The van der Waals surface area contributed by atoms with E-state index in [1.54, 1.807) is 4.90 Å². The molecule has 1 aromatic carbocycles. The monoisotopic (exact) mass is 394 g/mol. The molecule has 0 fully saturated rings. The highest BCUT2D eigenvalue weighted by molar-refractivity contribution is 8.00. The van der Waals surface area contributed by atoms with Gasteiger partial charge in [-0.25, -0.2) is 0 Å². The third kappa shape index (κ3) is 6.59. The molecule has 0 saturated carbocycles. The molecule has 0 atom stereocenters. The minimum Gasteiger partial charge on any atom is -0.469 e. The predicted octanol–water partition coefficient (Wildman–Crippen LogP) is 1.13. The molecule has 8 nitrogen and oxygen atoms in total. The van der Waals surface area contributed by atoms with Crippen LogP contribution in [0.2, 0.25) is 0 Å². The van der Waals surface area contributed by atoms with Crippen molar-refractivity contribution >= 4 is 41.2 Å². The van der Waals surface area contributed by atoms with Gasteiger partial charge < -0.3 is 19.7 Å². The van der Waals surface area contributed by atoms with Crippen LogP contribution in [0, 0.1) is 0 Å². The summed E-state index contributed by atoms with van der Waals surface area (Å²) in [5, 5.41) is 2.55. The van der Waals surface area contributed by atoms with Gasteiger partial charge in [0.25, 0.3) is 5.91 Å². The lowest BCUT2D eigenvalue weighted by atomic mass is 10.2. The molecule has 2 amide bonds. The number of para-hydroxylation sites is 1. The zero-order chi connectivity index (χ0) is 19.6. The number of amides is 2. The Balaban J connectivity index is 1.68. The van der Waals surface area contributed by atoms with E-state index in [1.165, 1.54) is 18.9 Å². The number of thioether (sulfide) groups is 1. The smallest absolute Gasteiger partial charge is 0.308 e. The Kier molecular flexibility index (Phi) is 8.12. The zero-order valence-corrected chi connectivity index (χ0v) is 15.9. The highest BCUT2D eigenvalue weighted by Crippen LogP contribution is 2.34. The summed E-state index contributed by atoms with van der Waals surface area (Å²) in [5.74, 6) is -1.06. The number of hydrogen-bond donors (Lipinski definition) is 1. The normalized spacial score (nSPS) is 12.9. The number of ether oxygens (including phenoxy) is 2. The van der Waals surface area contributed by atoms with Crippen molar-refractivity contribution in [1.29, 1.82) is 0 Å². The quantitative estimate of drug-likeness (QED) is 0.495. The van der Waals surface area contributed by atoms with E-state index in [0.29, 0.717) is 18.7 Å². The van der Waals surface area contributed by atoms with Crippen LogP contribution in [0.1, 0.15) is 19.3 Å². The molecule has 0 spiro atoms. The number of carbonyl (C=O) groups is 4. The van der Waals surface area contributed by atoms with Gasteiger partial charge in [-0.2, -0.15) is 0 Å². The average Bonchev–Trinajstić information content (AvgIpc) is 2.68. The predicted molar refractivity (Wildman–Crippen MR) is 99.4 cm³/mol. The van der Waals surface area contributed by atoms with Gasteiger partial charge in [-0.15, -0.1) is 11.8 Å². The Morgan fingerprint density at radius 1 is 1.19 bits per heavy atom. The summed E-state index contributed by atoms with van der Waals surface area (Å²) >= 11 is 1.47. The van der Waals surface area contributed by atoms with Crippen molar-refractivity contribution in [2.24, 2.45) is 0 Å². The van der Waals surface area contributed by atoms with Gasteiger partial charge in [0, 0.05) is 24.4 Å². The molecule has 0 saturated heterocycles. The molecule has 146 valence electrons. The van der Waals surface area contributed by atoms with Crippen LogP contribution in [0.15, 0.2) is 29.2 Å². The van der Waals surface area contributed by atoms with Crippen molar-refractivity contribution in [3.8, 4) is 0 Å². The maximum atomic E-state index is 12.1. The SMILES string of the molecule is COC(=O)CCCNC(=O)COC(=O)CCN1C(=O)CSc2ccccc21. The van der Waals surface area contributed by atoms with E-state index in [-0.39, 0.29) is 31.3 Å². The molecule has 2 rings (SSSR count). The van der Waals surface area contributed by atoms with Crippen molar-refractivity contribution in [2.75, 3.05) is 37.5 Å². The molecule has 0 aliphatic carbocycles. The third-order valence-electron chi connectivity index (χ3n) is 3.82. The number of nitrogens with zero attached hydrogens (tertiary/aromatic N) is 1. The largest absolute Gasteiger partial charge is 0.469 e. The van der Waals surface area contributed by atoms with E-state index in [2.05, 4.69) is 10.1 Å². The second kappa shape index (κ2) is 10.6. The fraction of sp³-hybridized carbons (Fsp3) is 0.444. The lowest BCUT2D eigenvalue weighted by Crippen LogP contribution is -2.37. The molecule has 0 aromatic heterocycles. The number of methoxy groups -OCH3 is 1. The van der Waals surface area contributed by atoms with Crippen LogP contribution < -0.4 is 10.2 Å². The van der Waals surface area contributed by atoms with Crippen LogP contribution in [0.5, 0.6) is 0 Å². The number of benzene rings is 1. The van der Waals surface area contributed by atoms with Gasteiger partial charge in [0.05, 0.1) is 25.0 Å². The molecule has 1 aliphatic heterocycles. The number of anilines is 1. The molecule has 1 aliphatic rings. The number of esters is 2. The van der Waals surface area contributed by atoms with E-state index in [1.807, 2.05) is 24.3 Å². The van der Waals surface area contributed by atoms with E-state index in [4.69, 9.17) is 4.74 Å². The maximum absolute atomic E-state index is 12.1. The zero-order valence-electron chi connectivity index (χ0n) is 15.1. The summed E-state index contributed by atoms with van der Waals surface area (Å²) < 4.78 is 9.42. The van der Waals surface area contributed by atoms with Crippen LogP contribution in [-0.2, 0) is 28.7 Å². The highest BCUT2D eigenvalue weighted by Gasteiger charge is 2.24. The molecule has 27 heavy (non-hydrogen) atoms. The minimum atomic E-state index is -0.553. The lowest BCUT2D eigenvalue weighted by molar-refractivity contribution is -0.148. The van der Waals surface area contributed by atoms with Crippen molar-refractivity contribution < 1.29 is 28.7 Å². The molecule has 9 heteroatoms. The molecule has 0 unspecified atom stereocenters. The van der Waals surface area contributed by atoms with Crippen molar-refractivity contribution in [1.82, 2.24) is 5.32 Å². The van der Waals surface area contributed by atoms with Crippen molar-refractivity contribution in [2.45, 2.75) is 24.2 Å². The topological polar surface area (TPSA) is 102 Å². The molecule has 0 bridgehead atoms. The van der Waals surface area contributed by atoms with Gasteiger partial charge in [0.2, 0.25) is 5.91 Å². The van der Waals surface area contributed by atoms with Crippen LogP contribution in [0.3, 0.4) is 0 Å². The summed E-state index contributed by atoms with van der Waals surface area (Å²) in [5.41, 5.74) is 0.787. The Labute approximate surface area is 161 Å². The summed E-state index contributed by atoms with van der Waals surface area (Å²) in [6.45, 7) is 0.107. The molecule has 1 N–H and O–H groups in total. The first-order chi connectivity index (χ1) is 13.0. The van der Waals surface area contributed by atoms with Gasteiger partial charge in [-0.3, -0.25) is 19.2 Å². The van der Waals surface area contributed by atoms with E-state index in [0.717, 1.165) is 10.6 Å². The fourth-order valence-corrected chi connectivity index (χ4v) is 3.37. The number of carbonyl (C=O) groups excluding carboxylic acids is 4. The summed E-state index contributed by atoms with van der Waals surface area (Å²) in [7, 11) is 1.30. The average molecular weight is 394 g/mol. The van der Waals surface area contributed by atoms with Gasteiger partial charge >= 0.3 is 11.9 Å². The van der Waals surface area contributed by atoms with E-state index < -0.39 is 18.5 Å². The highest BCUT2D eigenvalue weighted by atomic mass is 32.2. The first-order valence-electron chi connectivity index (χ1n) is 8.52. The Morgan fingerprint density at radius 3 is 2.74 bits per heavy atom. The van der Waals surface area contributed by atoms with E-state index >= 15 is 0 Å².